The van der Waals surface area contributed by atoms with Crippen molar-refractivity contribution >= 4 is 32.4 Å². The maximum absolute atomic E-state index is 5.81. The molecule has 0 unspecified atom stereocenters. The molecule has 0 bridgehead atoms. The third-order valence-corrected chi connectivity index (χ3v) is 3.84. The van der Waals surface area contributed by atoms with Crippen LogP contribution in [0.5, 0.6) is 5.75 Å². The van der Waals surface area contributed by atoms with Crippen molar-refractivity contribution in [1.82, 2.24) is 4.98 Å². The number of anilines is 2. The van der Waals surface area contributed by atoms with E-state index in [4.69, 9.17) is 10.5 Å². The van der Waals surface area contributed by atoms with E-state index in [0.717, 1.165) is 16.4 Å². The minimum Gasteiger partial charge on any atom is -0.490 e. The van der Waals surface area contributed by atoms with Gasteiger partial charge in [-0.15, -0.1) is 0 Å². The molecule has 1 aromatic heterocycles. The van der Waals surface area contributed by atoms with Crippen LogP contribution in [-0.2, 0) is 0 Å². The largest absolute Gasteiger partial charge is 0.490 e. The summed E-state index contributed by atoms with van der Waals surface area (Å²) in [7, 11) is 0. The van der Waals surface area contributed by atoms with Gasteiger partial charge in [0.2, 0.25) is 0 Å². The van der Waals surface area contributed by atoms with Crippen LogP contribution < -0.4 is 15.8 Å². The molecule has 3 rings (SSSR count). The Morgan fingerprint density at radius 3 is 2.75 bits per heavy atom. The smallest absolute Gasteiger partial charge is 0.183 e. The first-order valence-electron chi connectivity index (χ1n) is 6.40. The number of thiazole rings is 1. The van der Waals surface area contributed by atoms with Crippen LogP contribution in [-0.4, -0.2) is 18.1 Å². The average Bonchev–Trinajstić information content (AvgIpc) is 2.88. The van der Waals surface area contributed by atoms with Crippen LogP contribution in [0.25, 0.3) is 10.2 Å². The first-order chi connectivity index (χ1) is 9.83. The number of hydrogen-bond donors (Lipinski definition) is 2. The number of nitrogens with zero attached hydrogens (tertiary/aromatic N) is 1. The maximum Gasteiger partial charge on any atom is 0.183 e. The molecule has 0 saturated heterocycles. The van der Waals surface area contributed by atoms with Crippen LogP contribution in [0.1, 0.15) is 0 Å². The molecule has 0 atom stereocenters. The average molecular weight is 285 g/mol. The summed E-state index contributed by atoms with van der Waals surface area (Å²) >= 11 is 1.64. The molecule has 20 heavy (non-hydrogen) atoms. The van der Waals surface area contributed by atoms with Crippen molar-refractivity contribution < 1.29 is 4.74 Å². The summed E-state index contributed by atoms with van der Waals surface area (Å²) in [5.41, 5.74) is 7.49. The molecule has 0 aliphatic rings. The van der Waals surface area contributed by atoms with E-state index in [-0.39, 0.29) is 0 Å². The molecule has 0 radical (unpaired) electrons. The number of benzene rings is 2. The molecule has 0 aliphatic carbocycles. The Labute approximate surface area is 121 Å². The molecule has 5 heteroatoms. The summed E-state index contributed by atoms with van der Waals surface area (Å²) in [4.78, 5) is 4.50. The van der Waals surface area contributed by atoms with Crippen molar-refractivity contribution in [3.8, 4) is 5.75 Å². The van der Waals surface area contributed by atoms with Gasteiger partial charge in [0.05, 0.1) is 22.4 Å². The number of aromatic nitrogens is 1. The summed E-state index contributed by atoms with van der Waals surface area (Å²) < 4.78 is 6.81. The molecule has 102 valence electrons. The number of nitrogen functional groups attached to an aromatic ring is 1. The Kier molecular flexibility index (Phi) is 3.69. The number of hydrogen-bond acceptors (Lipinski definition) is 5. The number of para-hydroxylation sites is 3. The molecular weight excluding hydrogens is 270 g/mol. The van der Waals surface area contributed by atoms with Crippen molar-refractivity contribution in [1.29, 1.82) is 0 Å². The van der Waals surface area contributed by atoms with Gasteiger partial charge in [-0.1, -0.05) is 35.6 Å². The van der Waals surface area contributed by atoms with Crippen molar-refractivity contribution in [3.05, 3.63) is 48.5 Å². The lowest BCUT2D eigenvalue weighted by Crippen LogP contribution is -2.11. The Morgan fingerprint density at radius 1 is 1.10 bits per heavy atom. The van der Waals surface area contributed by atoms with Gasteiger partial charge in [-0.3, -0.25) is 0 Å². The monoisotopic (exact) mass is 285 g/mol. The lowest BCUT2D eigenvalue weighted by Gasteiger charge is -2.08. The number of fused-ring (bicyclic) bond motifs is 1. The number of ether oxygens (including phenoxy) is 1. The zero-order chi connectivity index (χ0) is 13.8. The van der Waals surface area contributed by atoms with E-state index in [0.29, 0.717) is 18.8 Å². The molecule has 0 spiro atoms. The lowest BCUT2D eigenvalue weighted by molar-refractivity contribution is 0.334. The van der Waals surface area contributed by atoms with E-state index < -0.39 is 0 Å². The van der Waals surface area contributed by atoms with E-state index >= 15 is 0 Å². The maximum atomic E-state index is 5.81. The SMILES string of the molecule is Nc1ccccc1OCCNc1nc2ccccc2s1. The molecule has 1 heterocycles. The molecule has 3 N–H and O–H groups in total. The number of nitrogens with one attached hydrogen (secondary N) is 1. The summed E-state index contributed by atoms with van der Waals surface area (Å²) in [5, 5.41) is 4.18. The van der Waals surface area contributed by atoms with Gasteiger partial charge in [-0.05, 0) is 24.3 Å². The predicted molar refractivity (Wildman–Crippen MR) is 84.5 cm³/mol. The van der Waals surface area contributed by atoms with E-state index in [9.17, 15) is 0 Å². The minimum atomic E-state index is 0.546. The second-order valence-corrected chi connectivity index (χ2v) is 5.33. The van der Waals surface area contributed by atoms with Gasteiger partial charge >= 0.3 is 0 Å². The first kappa shape index (κ1) is 12.7. The fourth-order valence-electron chi connectivity index (χ4n) is 1.88. The summed E-state index contributed by atoms with van der Waals surface area (Å²) in [6, 6.07) is 15.6. The van der Waals surface area contributed by atoms with Crippen molar-refractivity contribution in [2.75, 3.05) is 24.2 Å². The molecule has 2 aromatic carbocycles. The van der Waals surface area contributed by atoms with Crippen LogP contribution in [0.15, 0.2) is 48.5 Å². The molecule has 4 nitrogen and oxygen atoms in total. The lowest BCUT2D eigenvalue weighted by atomic mass is 10.3. The summed E-state index contributed by atoms with van der Waals surface area (Å²) in [5.74, 6) is 0.721. The highest BCUT2D eigenvalue weighted by atomic mass is 32.1. The van der Waals surface area contributed by atoms with Crippen LogP contribution in [0.4, 0.5) is 10.8 Å². The molecule has 0 saturated carbocycles. The van der Waals surface area contributed by atoms with Crippen molar-refractivity contribution in [2.45, 2.75) is 0 Å². The fraction of sp³-hybridized carbons (Fsp3) is 0.133. The third-order valence-electron chi connectivity index (χ3n) is 2.85. The Balaban J connectivity index is 1.54. The highest BCUT2D eigenvalue weighted by molar-refractivity contribution is 7.22. The molecule has 0 amide bonds. The van der Waals surface area contributed by atoms with E-state index in [1.54, 1.807) is 11.3 Å². The van der Waals surface area contributed by atoms with Crippen LogP contribution in [0.3, 0.4) is 0 Å². The van der Waals surface area contributed by atoms with Gasteiger partial charge in [0.15, 0.2) is 5.13 Å². The second kappa shape index (κ2) is 5.79. The predicted octanol–water partition coefficient (Wildman–Crippen LogP) is 3.37. The van der Waals surface area contributed by atoms with Crippen LogP contribution in [0.2, 0.25) is 0 Å². The quantitative estimate of drug-likeness (QED) is 0.557. The van der Waals surface area contributed by atoms with E-state index in [2.05, 4.69) is 16.4 Å². The molecular formula is C15H15N3OS. The van der Waals surface area contributed by atoms with Crippen LogP contribution >= 0.6 is 11.3 Å². The first-order valence-corrected chi connectivity index (χ1v) is 7.21. The third kappa shape index (κ3) is 2.83. The summed E-state index contributed by atoms with van der Waals surface area (Å²) in [6.45, 7) is 1.23. The Bertz CT molecular complexity index is 678. The molecule has 0 fully saturated rings. The van der Waals surface area contributed by atoms with Gasteiger partial charge < -0.3 is 15.8 Å². The van der Waals surface area contributed by atoms with E-state index in [1.807, 2.05) is 42.5 Å². The second-order valence-electron chi connectivity index (χ2n) is 4.30. The summed E-state index contributed by atoms with van der Waals surface area (Å²) in [6.07, 6.45) is 0. The Morgan fingerprint density at radius 2 is 1.90 bits per heavy atom. The minimum absolute atomic E-state index is 0.546. The van der Waals surface area contributed by atoms with Gasteiger partial charge in [0.1, 0.15) is 12.4 Å². The van der Waals surface area contributed by atoms with Gasteiger partial charge in [0, 0.05) is 0 Å². The Hall–Kier alpha value is -2.27. The normalized spacial score (nSPS) is 10.6. The standard InChI is InChI=1S/C15H15N3OS/c16-11-5-1-3-7-13(11)19-10-9-17-15-18-12-6-2-4-8-14(12)20-15/h1-8H,9-10,16H2,(H,17,18). The number of rotatable bonds is 5. The molecule has 3 aromatic rings. The van der Waals surface area contributed by atoms with Gasteiger partial charge in [-0.2, -0.15) is 0 Å². The van der Waals surface area contributed by atoms with Crippen molar-refractivity contribution in [3.63, 3.8) is 0 Å². The fourth-order valence-corrected chi connectivity index (χ4v) is 2.77. The highest BCUT2D eigenvalue weighted by Crippen LogP contribution is 2.25. The zero-order valence-corrected chi connectivity index (χ0v) is 11.7. The van der Waals surface area contributed by atoms with Crippen molar-refractivity contribution in [2.24, 2.45) is 0 Å². The highest BCUT2D eigenvalue weighted by Gasteiger charge is 2.02. The van der Waals surface area contributed by atoms with Gasteiger partial charge in [-0.25, -0.2) is 4.98 Å². The number of nitrogens with two attached hydrogens (primary N) is 1. The molecule has 0 aliphatic heterocycles. The van der Waals surface area contributed by atoms with Crippen LogP contribution in [0, 0.1) is 0 Å². The topological polar surface area (TPSA) is 60.2 Å². The van der Waals surface area contributed by atoms with Gasteiger partial charge in [0.25, 0.3) is 0 Å². The van der Waals surface area contributed by atoms with E-state index in [1.165, 1.54) is 4.70 Å². The zero-order valence-electron chi connectivity index (χ0n) is 10.9.